The maximum Gasteiger partial charge on any atom is 0.335 e. The van der Waals surface area contributed by atoms with Gasteiger partial charge in [0.25, 0.3) is 5.91 Å². The number of hydrogen-bond acceptors (Lipinski definition) is 4. The Morgan fingerprint density at radius 3 is 2.39 bits per heavy atom. The predicted molar refractivity (Wildman–Crippen MR) is 145 cm³/mol. The van der Waals surface area contributed by atoms with Gasteiger partial charge in [0, 0.05) is 17.0 Å². The van der Waals surface area contributed by atoms with E-state index in [0.29, 0.717) is 28.2 Å². The number of nitrogens with zero attached hydrogens (tertiary/aromatic N) is 3. The van der Waals surface area contributed by atoms with Crippen molar-refractivity contribution in [2.24, 2.45) is 0 Å². The van der Waals surface area contributed by atoms with Crippen LogP contribution < -0.4 is 5.32 Å². The van der Waals surface area contributed by atoms with E-state index in [0.717, 1.165) is 27.6 Å². The monoisotopic (exact) mass is 520 g/mol. The Kier molecular flexibility index (Phi) is 6.90. The molecular weight excluding hydrogens is 500 g/mol. The summed E-state index contributed by atoms with van der Waals surface area (Å²) in [6.45, 7) is 0.654. The van der Waals surface area contributed by atoms with E-state index in [2.05, 4.69) is 16.5 Å². The molecular formula is C30H21ClN4O3. The highest BCUT2D eigenvalue weighted by atomic mass is 35.5. The van der Waals surface area contributed by atoms with E-state index in [1.165, 1.54) is 12.1 Å². The third kappa shape index (κ3) is 5.26. The van der Waals surface area contributed by atoms with Gasteiger partial charge in [0.2, 0.25) is 0 Å². The van der Waals surface area contributed by atoms with Gasteiger partial charge in [-0.25, -0.2) is 4.79 Å². The molecule has 0 aliphatic heterocycles. The quantitative estimate of drug-likeness (QED) is 0.277. The highest BCUT2D eigenvalue weighted by Crippen LogP contribution is 2.29. The molecule has 0 atom stereocenters. The second-order valence-electron chi connectivity index (χ2n) is 8.77. The van der Waals surface area contributed by atoms with Crippen LogP contribution in [0.25, 0.3) is 22.0 Å². The van der Waals surface area contributed by atoms with E-state index < -0.39 is 5.97 Å². The Hall–Kier alpha value is -4.93. The molecule has 4 aromatic carbocycles. The maximum absolute atomic E-state index is 13.5. The van der Waals surface area contributed by atoms with Gasteiger partial charge in [-0.3, -0.25) is 9.48 Å². The van der Waals surface area contributed by atoms with Crippen LogP contribution in [-0.2, 0) is 13.1 Å². The number of fused-ring (bicyclic) bond motifs is 1. The van der Waals surface area contributed by atoms with Crippen molar-refractivity contribution in [3.8, 4) is 17.2 Å². The fourth-order valence-electron chi connectivity index (χ4n) is 4.28. The molecule has 1 amide bonds. The zero-order valence-electron chi connectivity index (χ0n) is 20.1. The number of carboxylic acid groups (broad SMARTS) is 1. The Balaban J connectivity index is 1.52. The molecule has 0 aliphatic rings. The number of amides is 1. The first kappa shape index (κ1) is 24.8. The molecule has 186 valence electrons. The van der Waals surface area contributed by atoms with Crippen LogP contribution >= 0.6 is 11.6 Å². The Morgan fingerprint density at radius 1 is 0.947 bits per heavy atom. The molecule has 2 N–H and O–H groups in total. The summed E-state index contributed by atoms with van der Waals surface area (Å²) in [6.07, 6.45) is 1.73. The molecule has 1 heterocycles. The van der Waals surface area contributed by atoms with E-state index in [-0.39, 0.29) is 18.0 Å². The van der Waals surface area contributed by atoms with Crippen LogP contribution in [0, 0.1) is 11.3 Å². The van der Waals surface area contributed by atoms with Crippen molar-refractivity contribution < 1.29 is 14.7 Å². The van der Waals surface area contributed by atoms with Crippen LogP contribution in [0.5, 0.6) is 0 Å². The third-order valence-corrected chi connectivity index (χ3v) is 6.44. The molecule has 0 unspecified atom stereocenters. The summed E-state index contributed by atoms with van der Waals surface area (Å²) < 4.78 is 1.78. The summed E-state index contributed by atoms with van der Waals surface area (Å²) in [4.78, 5) is 24.7. The normalized spacial score (nSPS) is 10.7. The second kappa shape index (κ2) is 10.6. The number of nitrogens with one attached hydrogen (secondary N) is 1. The van der Waals surface area contributed by atoms with Crippen LogP contribution in [-0.4, -0.2) is 26.8 Å². The van der Waals surface area contributed by atoms with Crippen LogP contribution in [0.1, 0.15) is 37.4 Å². The van der Waals surface area contributed by atoms with Crippen molar-refractivity contribution in [3.05, 3.63) is 124 Å². The number of halogens is 1. The van der Waals surface area contributed by atoms with Gasteiger partial charge in [-0.2, -0.15) is 10.4 Å². The predicted octanol–water partition coefficient (Wildman–Crippen LogP) is 5.90. The Bertz CT molecular complexity index is 1700. The molecule has 0 fully saturated rings. The van der Waals surface area contributed by atoms with Crippen molar-refractivity contribution >= 4 is 34.4 Å². The van der Waals surface area contributed by atoms with Crippen molar-refractivity contribution in [3.63, 3.8) is 0 Å². The highest BCUT2D eigenvalue weighted by Gasteiger charge is 2.18. The summed E-state index contributed by atoms with van der Waals surface area (Å²) in [7, 11) is 0. The summed E-state index contributed by atoms with van der Waals surface area (Å²) >= 11 is 6.18. The molecule has 0 bridgehead atoms. The number of hydrogen-bond donors (Lipinski definition) is 2. The van der Waals surface area contributed by atoms with Crippen molar-refractivity contribution in [2.75, 3.05) is 0 Å². The van der Waals surface area contributed by atoms with Gasteiger partial charge in [-0.05, 0) is 70.8 Å². The first-order chi connectivity index (χ1) is 18.4. The first-order valence-corrected chi connectivity index (χ1v) is 12.1. The van der Waals surface area contributed by atoms with E-state index in [1.54, 1.807) is 41.2 Å². The van der Waals surface area contributed by atoms with Crippen molar-refractivity contribution in [1.29, 1.82) is 5.26 Å². The van der Waals surface area contributed by atoms with Crippen LogP contribution in [0.2, 0.25) is 5.02 Å². The van der Waals surface area contributed by atoms with Gasteiger partial charge in [0.15, 0.2) is 0 Å². The Labute approximate surface area is 223 Å². The zero-order valence-corrected chi connectivity index (χ0v) is 20.8. The number of aromatic nitrogens is 2. The average Bonchev–Trinajstić information content (AvgIpc) is 3.34. The molecule has 0 saturated carbocycles. The summed E-state index contributed by atoms with van der Waals surface area (Å²) in [5, 5.41) is 27.2. The lowest BCUT2D eigenvalue weighted by atomic mass is 9.99. The SMILES string of the molecule is N#Cc1ccc(-c2cc(C(=O)NCc3ccc(C(=O)O)cc3)c3c(cnn3Cc3cccc(Cl)c3)c2)cc1. The fraction of sp³-hybridized carbons (Fsp3) is 0.0667. The van der Waals surface area contributed by atoms with Gasteiger partial charge in [-0.1, -0.05) is 48.0 Å². The molecule has 0 aliphatic carbocycles. The van der Waals surface area contributed by atoms with Crippen molar-refractivity contribution in [2.45, 2.75) is 13.1 Å². The number of aromatic carboxylic acids is 1. The molecule has 1 aromatic heterocycles. The number of nitriles is 1. The standard InChI is InChI=1S/C30H21ClN4O3/c31-26-3-1-2-21(12-26)18-35-28-25(17-34-35)13-24(22-8-4-19(15-32)5-9-22)14-27(28)29(36)33-16-20-6-10-23(11-7-20)30(37)38/h1-14,17H,16,18H2,(H,33,36)(H,37,38). The summed E-state index contributed by atoms with van der Waals surface area (Å²) in [5.41, 5.74) is 5.27. The lowest BCUT2D eigenvalue weighted by Crippen LogP contribution is -2.24. The van der Waals surface area contributed by atoms with Crippen LogP contribution in [0.4, 0.5) is 0 Å². The minimum Gasteiger partial charge on any atom is -0.478 e. The molecule has 0 spiro atoms. The van der Waals surface area contributed by atoms with Gasteiger partial charge < -0.3 is 10.4 Å². The molecule has 8 heteroatoms. The number of carboxylic acids is 1. The topological polar surface area (TPSA) is 108 Å². The fourth-order valence-corrected chi connectivity index (χ4v) is 4.49. The molecule has 38 heavy (non-hydrogen) atoms. The number of carbonyl (C=O) groups is 2. The lowest BCUT2D eigenvalue weighted by molar-refractivity contribution is 0.0696. The molecule has 7 nitrogen and oxygen atoms in total. The minimum absolute atomic E-state index is 0.182. The number of benzene rings is 4. The zero-order chi connectivity index (χ0) is 26.6. The van der Waals surface area contributed by atoms with Crippen LogP contribution in [0.3, 0.4) is 0 Å². The van der Waals surface area contributed by atoms with E-state index in [4.69, 9.17) is 22.0 Å². The number of rotatable bonds is 7. The Morgan fingerprint density at radius 2 is 1.71 bits per heavy atom. The molecule has 0 radical (unpaired) electrons. The van der Waals surface area contributed by atoms with E-state index in [9.17, 15) is 9.59 Å². The molecule has 5 rings (SSSR count). The number of carbonyl (C=O) groups excluding carboxylic acids is 1. The smallest absolute Gasteiger partial charge is 0.335 e. The van der Waals surface area contributed by atoms with Gasteiger partial charge in [0.1, 0.15) is 0 Å². The third-order valence-electron chi connectivity index (χ3n) is 6.20. The molecule has 0 saturated heterocycles. The second-order valence-corrected chi connectivity index (χ2v) is 9.20. The van der Waals surface area contributed by atoms with Crippen molar-refractivity contribution in [1.82, 2.24) is 15.1 Å². The van der Waals surface area contributed by atoms with Gasteiger partial charge in [0.05, 0.1) is 41.0 Å². The summed E-state index contributed by atoms with van der Waals surface area (Å²) in [5.74, 6) is -1.30. The van der Waals surface area contributed by atoms with Gasteiger partial charge >= 0.3 is 5.97 Å². The average molecular weight is 521 g/mol. The van der Waals surface area contributed by atoms with E-state index >= 15 is 0 Å². The van der Waals surface area contributed by atoms with Gasteiger partial charge in [-0.15, -0.1) is 0 Å². The first-order valence-electron chi connectivity index (χ1n) is 11.8. The van der Waals surface area contributed by atoms with Crippen LogP contribution in [0.15, 0.2) is 91.1 Å². The molecule has 5 aromatic rings. The minimum atomic E-state index is -1.00. The lowest BCUT2D eigenvalue weighted by Gasteiger charge is -2.12. The van der Waals surface area contributed by atoms with E-state index in [1.807, 2.05) is 42.5 Å². The maximum atomic E-state index is 13.5. The summed E-state index contributed by atoms with van der Waals surface area (Å²) in [6, 6.07) is 26.9. The highest BCUT2D eigenvalue weighted by molar-refractivity contribution is 6.30. The largest absolute Gasteiger partial charge is 0.478 e.